The first-order chi connectivity index (χ1) is 21.2. The number of nitrogens with two attached hydrogens (primary N) is 1. The molecule has 2 atom stereocenters. The number of hydrogen-bond acceptors (Lipinski definition) is 7. The molecule has 7 rings (SSSR count). The van der Waals surface area contributed by atoms with E-state index < -0.39 is 11.6 Å². The van der Waals surface area contributed by atoms with Crippen molar-refractivity contribution in [3.8, 4) is 35.2 Å². The Bertz CT molecular complexity index is 1800. The lowest BCUT2D eigenvalue weighted by Crippen LogP contribution is -2.50. The monoisotopic (exact) mass is 599 g/mol. The van der Waals surface area contributed by atoms with Crippen molar-refractivity contribution in [1.29, 1.82) is 0 Å². The molecule has 2 saturated heterocycles. The molecule has 228 valence electrons. The number of likely N-dealkylation sites (tertiary alicyclic amines) is 1. The highest BCUT2D eigenvalue weighted by Gasteiger charge is 2.47. The van der Waals surface area contributed by atoms with Crippen LogP contribution in [-0.4, -0.2) is 58.7 Å². The molecule has 0 bridgehead atoms. The van der Waals surface area contributed by atoms with Crippen molar-refractivity contribution in [3.63, 3.8) is 0 Å². The zero-order chi connectivity index (χ0) is 31.0. The molecule has 2 aliphatic heterocycles. The topological polar surface area (TPSA) is 114 Å². The Morgan fingerprint density at radius 1 is 1.16 bits per heavy atom. The number of carbonyl (C=O) groups is 1. The molecule has 1 aliphatic carbocycles. The minimum Gasteiger partial charge on any atom is -0.508 e. The maximum atomic E-state index is 16.1. The molecule has 8 nitrogen and oxygen atoms in total. The molecular weight excluding hydrogens is 564 g/mol. The molecule has 2 unspecified atom stereocenters. The Morgan fingerprint density at radius 2 is 1.98 bits per heavy atom. The van der Waals surface area contributed by atoms with Gasteiger partial charge in [0.2, 0.25) is 5.91 Å². The third-order valence-electron chi connectivity index (χ3n) is 9.27. The summed E-state index contributed by atoms with van der Waals surface area (Å²) < 4.78 is 36.8. The van der Waals surface area contributed by atoms with Gasteiger partial charge in [-0.15, -0.1) is 6.42 Å². The number of nitrogens with zero attached hydrogens (tertiary/aromatic N) is 3. The highest BCUT2D eigenvalue weighted by Crippen LogP contribution is 2.47. The van der Waals surface area contributed by atoms with Crippen molar-refractivity contribution in [2.24, 2.45) is 5.41 Å². The van der Waals surface area contributed by atoms with E-state index in [2.05, 4.69) is 33.2 Å². The number of hydrogen-bond donors (Lipinski definition) is 3. The summed E-state index contributed by atoms with van der Waals surface area (Å²) in [6, 6.07) is 9.15. The predicted octanol–water partition coefficient (Wildman–Crippen LogP) is 5.54. The SMILES string of the molecule is C#Cc1c(F)ccc2cc(O)cc(-c3ccc4c(N)nc(OCC56CCCC5N(C)CCC6)nc4c3F)c12.O=C1CCCN1. The van der Waals surface area contributed by atoms with Crippen LogP contribution in [0.2, 0.25) is 0 Å². The molecule has 4 aromatic rings. The van der Waals surface area contributed by atoms with Crippen LogP contribution in [0.25, 0.3) is 32.8 Å². The highest BCUT2D eigenvalue weighted by molar-refractivity contribution is 6.03. The molecule has 3 heterocycles. The van der Waals surface area contributed by atoms with Crippen molar-refractivity contribution < 1.29 is 23.4 Å². The number of fused-ring (bicyclic) bond motifs is 3. The van der Waals surface area contributed by atoms with Crippen molar-refractivity contribution in [2.45, 2.75) is 51.0 Å². The number of anilines is 1. The molecule has 44 heavy (non-hydrogen) atoms. The number of piperidine rings is 1. The number of ether oxygens (including phenoxy) is 1. The molecule has 0 spiro atoms. The van der Waals surface area contributed by atoms with Gasteiger partial charge in [0.1, 0.15) is 22.9 Å². The Labute approximate surface area is 254 Å². The fourth-order valence-electron chi connectivity index (χ4n) is 7.17. The zero-order valence-corrected chi connectivity index (χ0v) is 24.6. The maximum absolute atomic E-state index is 16.1. The average molecular weight is 600 g/mol. The van der Waals surface area contributed by atoms with Crippen LogP contribution in [0.4, 0.5) is 14.6 Å². The lowest BCUT2D eigenvalue weighted by Gasteiger charge is -2.44. The van der Waals surface area contributed by atoms with Gasteiger partial charge in [-0.25, -0.2) is 8.78 Å². The molecule has 3 aliphatic rings. The van der Waals surface area contributed by atoms with Crippen LogP contribution in [0.15, 0.2) is 36.4 Å². The van der Waals surface area contributed by atoms with Gasteiger partial charge in [-0.1, -0.05) is 24.5 Å². The van der Waals surface area contributed by atoms with Crippen LogP contribution in [-0.2, 0) is 4.79 Å². The molecular formula is C34H35F2N5O3. The van der Waals surface area contributed by atoms with E-state index in [1.165, 1.54) is 30.3 Å². The van der Waals surface area contributed by atoms with Gasteiger partial charge < -0.3 is 25.8 Å². The molecule has 1 saturated carbocycles. The summed E-state index contributed by atoms with van der Waals surface area (Å²) in [6.45, 7) is 2.41. The summed E-state index contributed by atoms with van der Waals surface area (Å²) in [7, 11) is 2.16. The zero-order valence-electron chi connectivity index (χ0n) is 24.6. The fourth-order valence-corrected chi connectivity index (χ4v) is 7.17. The number of benzene rings is 3. The number of nitrogens with one attached hydrogen (secondary N) is 1. The van der Waals surface area contributed by atoms with Crippen LogP contribution in [0.3, 0.4) is 0 Å². The number of nitrogen functional groups attached to an aromatic ring is 1. The summed E-state index contributed by atoms with van der Waals surface area (Å²) >= 11 is 0. The number of rotatable bonds is 4. The first kappa shape index (κ1) is 29.6. The number of phenolic OH excluding ortho intramolecular Hbond substituents is 1. The van der Waals surface area contributed by atoms with Crippen molar-refractivity contribution in [3.05, 3.63) is 53.6 Å². The Kier molecular flexibility index (Phi) is 7.99. The fraction of sp³-hybridized carbons (Fsp3) is 0.382. The maximum Gasteiger partial charge on any atom is 0.319 e. The smallest absolute Gasteiger partial charge is 0.319 e. The molecule has 3 aromatic carbocycles. The number of aromatic nitrogens is 2. The second-order valence-corrected chi connectivity index (χ2v) is 12.0. The van der Waals surface area contributed by atoms with E-state index in [1.54, 1.807) is 6.07 Å². The normalized spacial score (nSPS) is 21.4. The van der Waals surface area contributed by atoms with Crippen molar-refractivity contribution >= 4 is 33.4 Å². The van der Waals surface area contributed by atoms with Crippen LogP contribution in [0.1, 0.15) is 50.5 Å². The number of halogens is 2. The number of carbonyl (C=O) groups excluding carboxylic acids is 1. The lowest BCUT2D eigenvalue weighted by atomic mass is 9.76. The Morgan fingerprint density at radius 3 is 2.70 bits per heavy atom. The van der Waals surface area contributed by atoms with Gasteiger partial charge in [0.25, 0.3) is 0 Å². The molecule has 0 radical (unpaired) electrons. The van der Waals surface area contributed by atoms with Crippen molar-refractivity contribution in [1.82, 2.24) is 20.2 Å². The summed E-state index contributed by atoms with van der Waals surface area (Å²) in [5, 5.41) is 14.2. The summed E-state index contributed by atoms with van der Waals surface area (Å²) in [5.74, 6) is 1.28. The molecule has 3 fully saturated rings. The van der Waals surface area contributed by atoms with E-state index in [4.69, 9.17) is 16.9 Å². The largest absolute Gasteiger partial charge is 0.508 e. The molecule has 1 amide bonds. The van der Waals surface area contributed by atoms with E-state index in [-0.39, 0.29) is 51.1 Å². The van der Waals surface area contributed by atoms with Gasteiger partial charge in [0, 0.05) is 40.8 Å². The third-order valence-corrected chi connectivity index (χ3v) is 9.27. The van der Waals surface area contributed by atoms with Crippen LogP contribution in [0.5, 0.6) is 11.8 Å². The summed E-state index contributed by atoms with van der Waals surface area (Å²) in [5.41, 5.74) is 6.57. The van der Waals surface area contributed by atoms with Crippen molar-refractivity contribution in [2.75, 3.05) is 32.5 Å². The van der Waals surface area contributed by atoms with E-state index in [0.29, 0.717) is 28.8 Å². The van der Waals surface area contributed by atoms with Gasteiger partial charge in [-0.2, -0.15) is 9.97 Å². The number of aromatic hydroxyl groups is 1. The number of amides is 1. The molecule has 1 aromatic heterocycles. The van der Waals surface area contributed by atoms with Gasteiger partial charge in [-0.3, -0.25) is 4.79 Å². The van der Waals surface area contributed by atoms with E-state index >= 15 is 4.39 Å². The van der Waals surface area contributed by atoms with E-state index in [0.717, 1.165) is 58.0 Å². The summed E-state index contributed by atoms with van der Waals surface area (Å²) in [6.07, 6.45) is 12.9. The molecule has 4 N–H and O–H groups in total. The minimum atomic E-state index is -0.685. The Balaban J connectivity index is 0.000000513. The van der Waals surface area contributed by atoms with E-state index in [1.807, 2.05) is 0 Å². The van der Waals surface area contributed by atoms with Gasteiger partial charge in [-0.05, 0) is 80.9 Å². The number of terminal acetylenes is 1. The van der Waals surface area contributed by atoms with Crippen LogP contribution < -0.4 is 15.8 Å². The van der Waals surface area contributed by atoms with Gasteiger partial charge >= 0.3 is 6.01 Å². The van der Waals surface area contributed by atoms with E-state index in [9.17, 15) is 14.3 Å². The number of phenols is 1. The standard InChI is InChI=1S/C30H28F2N4O2.C4H7NO/c1-3-19-23(31)10-7-17-14-18(37)15-22(25(17)19)20-8-9-21-27(26(20)32)34-29(35-28(21)33)38-16-30-11-4-6-24(30)36(2)13-5-12-30;6-4-2-1-3-5-4/h1,7-10,14-15,24,37H,4-6,11-13,16H2,2H3,(H2,33,34,35);1-3H2,(H,5,6). The summed E-state index contributed by atoms with van der Waals surface area (Å²) in [4.78, 5) is 21.3. The van der Waals surface area contributed by atoms with Gasteiger partial charge in [0.05, 0.1) is 12.2 Å². The quantitative estimate of drug-likeness (QED) is 0.264. The van der Waals surface area contributed by atoms with Crippen LogP contribution >= 0.6 is 0 Å². The minimum absolute atomic E-state index is 0.00829. The third kappa shape index (κ3) is 5.37. The van der Waals surface area contributed by atoms with Gasteiger partial charge in [0.15, 0.2) is 5.82 Å². The van der Waals surface area contributed by atoms with Crippen LogP contribution in [0, 0.1) is 29.4 Å². The lowest BCUT2D eigenvalue weighted by molar-refractivity contribution is -0.119. The average Bonchev–Trinajstić information content (AvgIpc) is 3.67. The predicted molar refractivity (Wildman–Crippen MR) is 166 cm³/mol. The molecule has 10 heteroatoms. The highest BCUT2D eigenvalue weighted by atomic mass is 19.1. The second-order valence-electron chi connectivity index (χ2n) is 12.0. The second kappa shape index (κ2) is 11.9. The first-order valence-corrected chi connectivity index (χ1v) is 15.0. The Hall–Kier alpha value is -4.49. The first-order valence-electron chi connectivity index (χ1n) is 15.0.